The van der Waals surface area contributed by atoms with Crippen LogP contribution in [-0.2, 0) is 11.3 Å². The van der Waals surface area contributed by atoms with E-state index >= 15 is 0 Å². The molecular weight excluding hydrogens is 394 g/mol. The summed E-state index contributed by atoms with van der Waals surface area (Å²) in [5.74, 6) is 0.833. The van der Waals surface area contributed by atoms with E-state index in [0.29, 0.717) is 29.5 Å². The number of ether oxygens (including phenoxy) is 2. The summed E-state index contributed by atoms with van der Waals surface area (Å²) >= 11 is 0. The van der Waals surface area contributed by atoms with Gasteiger partial charge in [0.05, 0.1) is 0 Å². The van der Waals surface area contributed by atoms with Gasteiger partial charge in [-0.3, -0.25) is 0 Å². The third-order valence-corrected chi connectivity index (χ3v) is 4.33. The van der Waals surface area contributed by atoms with E-state index in [1.807, 2.05) is 45.0 Å². The van der Waals surface area contributed by atoms with Crippen molar-refractivity contribution in [2.24, 2.45) is 5.92 Å². The third-order valence-electron chi connectivity index (χ3n) is 4.33. The molecular formula is C24H33N3O4. The van der Waals surface area contributed by atoms with Crippen LogP contribution in [0.4, 0.5) is 15.3 Å². The van der Waals surface area contributed by atoms with Crippen LogP contribution in [0, 0.1) is 5.92 Å². The third kappa shape index (κ3) is 8.20. The lowest BCUT2D eigenvalue weighted by Gasteiger charge is -2.20. The van der Waals surface area contributed by atoms with E-state index < -0.39 is 17.8 Å². The van der Waals surface area contributed by atoms with Crippen LogP contribution in [0.15, 0.2) is 42.5 Å². The van der Waals surface area contributed by atoms with Crippen LogP contribution in [-0.4, -0.2) is 24.3 Å². The van der Waals surface area contributed by atoms with Gasteiger partial charge in [0.25, 0.3) is 0 Å². The Morgan fingerprint density at radius 3 is 2.39 bits per heavy atom. The number of carbonyl (C=O) groups is 2. The summed E-state index contributed by atoms with van der Waals surface area (Å²) in [6, 6.07) is 12.7. The molecule has 0 aliphatic heterocycles. The molecule has 0 bridgehead atoms. The number of nitrogens with two attached hydrogens (primary N) is 1. The zero-order valence-electron chi connectivity index (χ0n) is 19.0. The lowest BCUT2D eigenvalue weighted by Crippen LogP contribution is -2.32. The summed E-state index contributed by atoms with van der Waals surface area (Å²) in [7, 11) is 0. The van der Waals surface area contributed by atoms with E-state index in [-0.39, 0.29) is 6.54 Å². The molecule has 0 aromatic heterocycles. The SMILES string of the molecule is CC(C)CCNC(=O)Oc1cc(N)ccc1-c1ccccc1CNC(=O)OC(C)(C)C. The van der Waals surface area contributed by atoms with Crippen molar-refractivity contribution in [3.8, 4) is 16.9 Å². The van der Waals surface area contributed by atoms with Gasteiger partial charge in [-0.05, 0) is 56.4 Å². The second-order valence-electron chi connectivity index (χ2n) is 8.77. The van der Waals surface area contributed by atoms with E-state index in [1.54, 1.807) is 18.2 Å². The largest absolute Gasteiger partial charge is 0.444 e. The van der Waals surface area contributed by atoms with Crippen molar-refractivity contribution in [2.75, 3.05) is 12.3 Å². The average Bonchev–Trinajstić information content (AvgIpc) is 2.65. The van der Waals surface area contributed by atoms with Gasteiger partial charge in [-0.25, -0.2) is 9.59 Å². The number of benzene rings is 2. The number of hydrogen-bond donors (Lipinski definition) is 3. The Morgan fingerprint density at radius 1 is 1.00 bits per heavy atom. The van der Waals surface area contributed by atoms with Gasteiger partial charge in [-0.15, -0.1) is 0 Å². The smallest absolute Gasteiger partial charge is 0.412 e. The predicted molar refractivity (Wildman–Crippen MR) is 123 cm³/mol. The number of carbonyl (C=O) groups excluding carboxylic acids is 2. The Bertz CT molecular complexity index is 904. The van der Waals surface area contributed by atoms with Gasteiger partial charge in [-0.1, -0.05) is 38.1 Å². The summed E-state index contributed by atoms with van der Waals surface area (Å²) in [6.07, 6.45) is -0.171. The molecule has 0 heterocycles. The molecule has 7 heteroatoms. The molecule has 0 atom stereocenters. The zero-order chi connectivity index (χ0) is 23.0. The van der Waals surface area contributed by atoms with Gasteiger partial charge < -0.3 is 25.8 Å². The van der Waals surface area contributed by atoms with Crippen LogP contribution < -0.4 is 21.1 Å². The first-order valence-electron chi connectivity index (χ1n) is 10.5. The van der Waals surface area contributed by atoms with Gasteiger partial charge in [0, 0.05) is 30.4 Å². The minimum Gasteiger partial charge on any atom is -0.444 e. The summed E-state index contributed by atoms with van der Waals surface area (Å²) in [5, 5.41) is 5.53. The maximum atomic E-state index is 12.3. The Kier molecular flexibility index (Phi) is 8.30. The first kappa shape index (κ1) is 24.1. The highest BCUT2D eigenvalue weighted by atomic mass is 16.6. The van der Waals surface area contributed by atoms with Crippen molar-refractivity contribution in [2.45, 2.75) is 53.2 Å². The Balaban J connectivity index is 2.21. The minimum atomic E-state index is -0.579. The van der Waals surface area contributed by atoms with E-state index in [0.717, 1.165) is 17.5 Å². The number of amides is 2. The summed E-state index contributed by atoms with van der Waals surface area (Å²) < 4.78 is 10.9. The van der Waals surface area contributed by atoms with Gasteiger partial charge >= 0.3 is 12.2 Å². The molecule has 0 aliphatic rings. The normalized spacial score (nSPS) is 11.2. The fourth-order valence-corrected chi connectivity index (χ4v) is 2.86. The molecule has 0 saturated heterocycles. The Hall–Kier alpha value is -3.22. The van der Waals surface area contributed by atoms with Gasteiger partial charge in [0.1, 0.15) is 11.4 Å². The molecule has 0 spiro atoms. The van der Waals surface area contributed by atoms with Crippen molar-refractivity contribution >= 4 is 17.9 Å². The molecule has 0 aliphatic carbocycles. The number of anilines is 1. The molecule has 0 unspecified atom stereocenters. The number of nitrogens with one attached hydrogen (secondary N) is 2. The summed E-state index contributed by atoms with van der Waals surface area (Å²) in [6.45, 7) is 10.4. The van der Waals surface area contributed by atoms with Crippen LogP contribution in [0.2, 0.25) is 0 Å². The first-order valence-corrected chi connectivity index (χ1v) is 10.5. The lowest BCUT2D eigenvalue weighted by molar-refractivity contribution is 0.0523. The molecule has 2 rings (SSSR count). The molecule has 31 heavy (non-hydrogen) atoms. The number of nitrogen functional groups attached to an aromatic ring is 1. The molecule has 0 saturated carbocycles. The zero-order valence-corrected chi connectivity index (χ0v) is 19.0. The topological polar surface area (TPSA) is 103 Å². The highest BCUT2D eigenvalue weighted by Gasteiger charge is 2.18. The van der Waals surface area contributed by atoms with Crippen LogP contribution in [0.3, 0.4) is 0 Å². The quantitative estimate of drug-likeness (QED) is 0.534. The van der Waals surface area contributed by atoms with Crippen molar-refractivity contribution in [1.29, 1.82) is 0 Å². The molecule has 168 valence electrons. The second-order valence-corrected chi connectivity index (χ2v) is 8.77. The van der Waals surface area contributed by atoms with Crippen molar-refractivity contribution in [1.82, 2.24) is 10.6 Å². The Morgan fingerprint density at radius 2 is 1.71 bits per heavy atom. The van der Waals surface area contributed by atoms with Gasteiger partial charge in [-0.2, -0.15) is 0 Å². The van der Waals surface area contributed by atoms with Crippen molar-refractivity contribution in [3.63, 3.8) is 0 Å². The van der Waals surface area contributed by atoms with E-state index in [2.05, 4.69) is 24.5 Å². The van der Waals surface area contributed by atoms with Crippen LogP contribution in [0.5, 0.6) is 5.75 Å². The second kappa shape index (κ2) is 10.7. The molecule has 7 nitrogen and oxygen atoms in total. The summed E-state index contributed by atoms with van der Waals surface area (Å²) in [4.78, 5) is 24.3. The van der Waals surface area contributed by atoms with Crippen LogP contribution in [0.1, 0.15) is 46.6 Å². The van der Waals surface area contributed by atoms with Gasteiger partial charge in [0.15, 0.2) is 0 Å². The minimum absolute atomic E-state index is 0.259. The molecule has 2 aromatic carbocycles. The fraction of sp³-hybridized carbons (Fsp3) is 0.417. The Labute approximate surface area is 184 Å². The molecule has 4 N–H and O–H groups in total. The van der Waals surface area contributed by atoms with Crippen molar-refractivity contribution < 1.29 is 19.1 Å². The summed E-state index contributed by atoms with van der Waals surface area (Å²) in [5.41, 5.74) is 8.21. The molecule has 0 fully saturated rings. The van der Waals surface area contributed by atoms with Crippen LogP contribution >= 0.6 is 0 Å². The molecule has 0 radical (unpaired) electrons. The number of hydrogen-bond acceptors (Lipinski definition) is 5. The fourth-order valence-electron chi connectivity index (χ4n) is 2.86. The van der Waals surface area contributed by atoms with E-state index in [1.165, 1.54) is 0 Å². The van der Waals surface area contributed by atoms with Gasteiger partial charge in [0.2, 0.25) is 0 Å². The molecule has 2 aromatic rings. The van der Waals surface area contributed by atoms with Crippen LogP contribution in [0.25, 0.3) is 11.1 Å². The average molecular weight is 428 g/mol. The highest BCUT2D eigenvalue weighted by molar-refractivity contribution is 5.80. The lowest BCUT2D eigenvalue weighted by atomic mass is 9.98. The van der Waals surface area contributed by atoms with E-state index in [4.69, 9.17) is 15.2 Å². The molecule has 2 amide bonds. The number of rotatable bonds is 7. The number of alkyl carbamates (subject to hydrolysis) is 1. The first-order chi connectivity index (χ1) is 14.5. The maximum Gasteiger partial charge on any atom is 0.412 e. The monoisotopic (exact) mass is 427 g/mol. The standard InChI is InChI=1S/C24H33N3O4/c1-16(2)12-13-26-22(28)30-21-14-18(25)10-11-20(21)19-9-7-6-8-17(19)15-27-23(29)31-24(3,4)5/h6-11,14,16H,12-13,15,25H2,1-5H3,(H,26,28)(H,27,29). The van der Waals surface area contributed by atoms with Crippen molar-refractivity contribution in [3.05, 3.63) is 48.0 Å². The van der Waals surface area contributed by atoms with E-state index in [9.17, 15) is 9.59 Å². The predicted octanol–water partition coefficient (Wildman–Crippen LogP) is 5.10. The highest BCUT2D eigenvalue weighted by Crippen LogP contribution is 2.34. The maximum absolute atomic E-state index is 12.3.